The molecular weight excluding hydrogens is 735 g/mol. The molecule has 0 aliphatic carbocycles. The van der Waals surface area contributed by atoms with Crippen molar-refractivity contribution in [2.24, 2.45) is 21.5 Å². The Morgan fingerprint density at radius 3 is 2.20 bits per heavy atom. The summed E-state index contributed by atoms with van der Waals surface area (Å²) in [6, 6.07) is 20.4. The molecule has 3 heterocycles. The smallest absolute Gasteiger partial charge is 0.366 e. The number of fused-ring (bicyclic) bond motifs is 2. The molecule has 6 rings (SSSR count). The molecule has 0 aliphatic rings. The molecule has 0 fully saturated rings. The summed E-state index contributed by atoms with van der Waals surface area (Å²) in [4.78, 5) is 48.0. The first kappa shape index (κ1) is 39.9. The molecule has 3 aromatic carbocycles. The molecule has 1 atom stereocenters. The Bertz CT molecular complexity index is 2490. The van der Waals surface area contributed by atoms with Crippen LogP contribution in [0.1, 0.15) is 70.7 Å². The molecule has 0 amide bonds. The molecule has 0 radical (unpaired) electrons. The number of furan rings is 1. The summed E-state index contributed by atoms with van der Waals surface area (Å²) in [6.07, 6.45) is -0.252. The van der Waals surface area contributed by atoms with Gasteiger partial charge in [-0.1, -0.05) is 12.1 Å². The molecule has 0 saturated carbocycles. The van der Waals surface area contributed by atoms with Crippen molar-refractivity contribution in [3.8, 4) is 28.9 Å². The van der Waals surface area contributed by atoms with Crippen LogP contribution in [0.2, 0.25) is 0 Å². The maximum Gasteiger partial charge on any atom is 0.366 e. The number of aromatic nitrogens is 4. The van der Waals surface area contributed by atoms with Gasteiger partial charge in [-0.05, 0) is 121 Å². The summed E-state index contributed by atoms with van der Waals surface area (Å²) in [6.45, 7) is 12.3. The van der Waals surface area contributed by atoms with E-state index >= 15 is 0 Å². The van der Waals surface area contributed by atoms with E-state index in [2.05, 4.69) is 20.0 Å². The Labute approximate surface area is 324 Å². The first-order chi connectivity index (χ1) is 26.5. The standard InChI is InChI=1S/C40H47N8O7P/c1-8-52-39(49)40(6,7)55-56(50,51)21-53-27-11-9-10-24(17-27)16-26-19-31-32(20-28(26)36(42)44-23(4)5)48-38(47-31)34-15-14-33(54-34)37-45-29-13-12-25(18-30(29)46-37)35(41)43-22(2)3/h9-15,17-20,22-23H,8,16,21H2,1-7H3,(H2,41,43)(H2,42,44)(H,45,46)(H,47,48)(H,50,51). The quantitative estimate of drug-likeness (QED) is 0.0306. The zero-order valence-corrected chi connectivity index (χ0v) is 33.3. The van der Waals surface area contributed by atoms with Crippen LogP contribution < -0.4 is 16.2 Å². The molecule has 294 valence electrons. The summed E-state index contributed by atoms with van der Waals surface area (Å²) in [5, 5.41) is 0. The van der Waals surface area contributed by atoms with Crippen LogP contribution in [-0.4, -0.2) is 73.1 Å². The van der Waals surface area contributed by atoms with E-state index in [1.165, 1.54) is 13.8 Å². The second-order valence-electron chi connectivity index (χ2n) is 14.4. The monoisotopic (exact) mass is 782 g/mol. The number of hydrogen-bond acceptors (Lipinski definition) is 10. The number of rotatable bonds is 15. The minimum Gasteiger partial charge on any atom is -0.481 e. The van der Waals surface area contributed by atoms with Gasteiger partial charge in [-0.15, -0.1) is 0 Å². The van der Waals surface area contributed by atoms with Crippen LogP contribution in [0.5, 0.6) is 5.75 Å². The fourth-order valence-corrected chi connectivity index (χ4v) is 7.18. The summed E-state index contributed by atoms with van der Waals surface area (Å²) in [7, 11) is -4.34. The fourth-order valence-electron chi connectivity index (χ4n) is 6.03. The molecule has 7 N–H and O–H groups in total. The average Bonchev–Trinajstić information content (AvgIpc) is 3.88. The van der Waals surface area contributed by atoms with Crippen molar-refractivity contribution in [2.45, 2.75) is 72.6 Å². The largest absolute Gasteiger partial charge is 0.481 e. The van der Waals surface area contributed by atoms with Gasteiger partial charge in [0.05, 0.1) is 28.7 Å². The SMILES string of the molecule is CCOC(=O)C(C)(C)OP(=O)(O)COc1cccc(Cc2cc3[nH]c(-c4ccc(-c5nc6ccc(C(N)=NC(C)C)cc6[nH]5)o4)nc3cc2C(N)=NC(C)C)c1. The number of nitrogens with one attached hydrogen (secondary N) is 2. The van der Waals surface area contributed by atoms with Gasteiger partial charge in [0, 0.05) is 23.2 Å². The van der Waals surface area contributed by atoms with E-state index in [1.807, 2.05) is 76.2 Å². The second kappa shape index (κ2) is 16.1. The number of aliphatic imine (C=N–C) groups is 2. The molecule has 0 spiro atoms. The number of nitrogens with zero attached hydrogens (tertiary/aromatic N) is 4. The van der Waals surface area contributed by atoms with E-state index < -0.39 is 25.5 Å². The van der Waals surface area contributed by atoms with Crippen molar-refractivity contribution in [3.05, 3.63) is 89.0 Å². The van der Waals surface area contributed by atoms with Gasteiger partial charge in [-0.3, -0.25) is 19.1 Å². The molecule has 6 aromatic rings. The van der Waals surface area contributed by atoms with Gasteiger partial charge in [0.25, 0.3) is 0 Å². The van der Waals surface area contributed by atoms with Gasteiger partial charge in [0.2, 0.25) is 0 Å². The number of nitrogens with two attached hydrogens (primary N) is 2. The normalized spacial score (nSPS) is 13.9. The number of amidine groups is 2. The van der Waals surface area contributed by atoms with E-state index in [-0.39, 0.29) is 18.7 Å². The highest BCUT2D eigenvalue weighted by Crippen LogP contribution is 2.46. The zero-order valence-electron chi connectivity index (χ0n) is 32.4. The number of hydrogen-bond donors (Lipinski definition) is 5. The third-order valence-corrected chi connectivity index (χ3v) is 9.65. The number of esters is 1. The summed E-state index contributed by atoms with van der Waals surface area (Å²) >= 11 is 0. The number of aromatic amines is 2. The van der Waals surface area contributed by atoms with Gasteiger partial charge in [-0.25, -0.2) is 14.8 Å². The van der Waals surface area contributed by atoms with Crippen LogP contribution in [0.25, 0.3) is 45.2 Å². The van der Waals surface area contributed by atoms with Crippen molar-refractivity contribution in [1.82, 2.24) is 19.9 Å². The Morgan fingerprint density at radius 2 is 1.54 bits per heavy atom. The molecule has 56 heavy (non-hydrogen) atoms. The van der Waals surface area contributed by atoms with E-state index in [9.17, 15) is 14.3 Å². The van der Waals surface area contributed by atoms with Crippen LogP contribution in [0.3, 0.4) is 0 Å². The number of carbonyl (C=O) groups is 1. The van der Waals surface area contributed by atoms with Crippen molar-refractivity contribution in [1.29, 1.82) is 0 Å². The Hall–Kier alpha value is -5.76. The van der Waals surface area contributed by atoms with Crippen molar-refractivity contribution in [2.75, 3.05) is 13.0 Å². The molecular formula is C40H47N8O7P. The average molecular weight is 783 g/mol. The number of H-pyrrole nitrogens is 2. The highest BCUT2D eigenvalue weighted by atomic mass is 31.2. The molecule has 0 saturated heterocycles. The Kier molecular flexibility index (Phi) is 11.5. The molecule has 16 heteroatoms. The van der Waals surface area contributed by atoms with Gasteiger partial charge in [0.1, 0.15) is 17.4 Å². The topological polar surface area (TPSA) is 229 Å². The predicted octanol–water partition coefficient (Wildman–Crippen LogP) is 7.06. The first-order valence-corrected chi connectivity index (χ1v) is 20.0. The van der Waals surface area contributed by atoms with Gasteiger partial charge in [0.15, 0.2) is 35.1 Å². The predicted molar refractivity (Wildman–Crippen MR) is 217 cm³/mol. The van der Waals surface area contributed by atoms with Crippen molar-refractivity contribution in [3.63, 3.8) is 0 Å². The van der Waals surface area contributed by atoms with Crippen LogP contribution in [0.15, 0.2) is 81.1 Å². The number of carbonyl (C=O) groups excluding carboxylic acids is 1. The lowest BCUT2D eigenvalue weighted by Gasteiger charge is -2.25. The number of imidazole rings is 2. The summed E-state index contributed by atoms with van der Waals surface area (Å²) in [5.74, 6) is 2.53. The van der Waals surface area contributed by atoms with Gasteiger partial charge in [-0.2, -0.15) is 0 Å². The summed E-state index contributed by atoms with van der Waals surface area (Å²) < 4.78 is 35.0. The number of benzene rings is 3. The van der Waals surface area contributed by atoms with E-state index in [1.54, 1.807) is 25.1 Å². The minimum atomic E-state index is -4.34. The fraction of sp³-hybridized carbons (Fsp3) is 0.325. The lowest BCUT2D eigenvalue weighted by Crippen LogP contribution is -2.36. The summed E-state index contributed by atoms with van der Waals surface area (Å²) in [5.41, 5.74) is 17.3. The van der Waals surface area contributed by atoms with Gasteiger partial charge >= 0.3 is 13.6 Å². The van der Waals surface area contributed by atoms with Crippen molar-refractivity contribution >= 4 is 47.3 Å². The maximum atomic E-state index is 12.8. The highest BCUT2D eigenvalue weighted by molar-refractivity contribution is 7.52. The van der Waals surface area contributed by atoms with Crippen molar-refractivity contribution < 1.29 is 32.7 Å². The maximum absolute atomic E-state index is 12.8. The second-order valence-corrected chi connectivity index (χ2v) is 16.1. The van der Waals surface area contributed by atoms with E-state index in [0.717, 1.165) is 33.2 Å². The van der Waals surface area contributed by atoms with Crippen LogP contribution in [-0.2, 0) is 25.0 Å². The zero-order chi connectivity index (χ0) is 40.4. The van der Waals surface area contributed by atoms with E-state index in [4.69, 9.17) is 39.8 Å². The van der Waals surface area contributed by atoms with E-state index in [0.29, 0.717) is 58.1 Å². The Morgan fingerprint density at radius 1 is 0.893 bits per heavy atom. The highest BCUT2D eigenvalue weighted by Gasteiger charge is 2.38. The lowest BCUT2D eigenvalue weighted by molar-refractivity contribution is -0.159. The molecule has 3 aromatic heterocycles. The van der Waals surface area contributed by atoms with Gasteiger partial charge < -0.3 is 40.2 Å². The molecule has 0 aliphatic heterocycles. The first-order valence-electron chi connectivity index (χ1n) is 18.2. The molecule has 0 bridgehead atoms. The molecule has 15 nitrogen and oxygen atoms in total. The van der Waals surface area contributed by atoms with Crippen LogP contribution in [0, 0.1) is 0 Å². The van der Waals surface area contributed by atoms with Crippen LogP contribution in [0.4, 0.5) is 0 Å². The minimum absolute atomic E-state index is 0.0490. The third-order valence-electron chi connectivity index (χ3n) is 8.45. The number of ether oxygens (including phenoxy) is 2. The molecule has 1 unspecified atom stereocenters. The van der Waals surface area contributed by atoms with Crippen LogP contribution >= 0.6 is 7.60 Å². The Balaban J connectivity index is 1.25. The lowest BCUT2D eigenvalue weighted by atomic mass is 9.98. The third kappa shape index (κ3) is 9.36.